The lowest BCUT2D eigenvalue weighted by atomic mass is 10.4. The molecule has 1 aliphatic heterocycles. The summed E-state index contributed by atoms with van der Waals surface area (Å²) in [5.74, 6) is 2.19. The maximum absolute atomic E-state index is 5.43. The molecule has 0 aromatic carbocycles. The van der Waals surface area contributed by atoms with Crippen molar-refractivity contribution < 1.29 is 0 Å². The molecule has 0 spiro atoms. The Morgan fingerprint density at radius 3 is 2.77 bits per heavy atom. The van der Waals surface area contributed by atoms with Gasteiger partial charge in [-0.1, -0.05) is 0 Å². The van der Waals surface area contributed by atoms with Crippen LogP contribution in [0.4, 0.5) is 0 Å². The third kappa shape index (κ3) is 2.33. The van der Waals surface area contributed by atoms with Crippen LogP contribution in [-0.2, 0) is 19.4 Å². The summed E-state index contributed by atoms with van der Waals surface area (Å²) in [6.07, 6.45) is 3.15. The van der Waals surface area contributed by atoms with Crippen LogP contribution in [0.2, 0.25) is 0 Å². The first kappa shape index (κ1) is 12.7. The van der Waals surface area contributed by atoms with Crippen molar-refractivity contribution in [3.05, 3.63) is 11.6 Å². The van der Waals surface area contributed by atoms with Crippen molar-refractivity contribution >= 4 is 24.8 Å². The van der Waals surface area contributed by atoms with Crippen LogP contribution in [0.5, 0.6) is 0 Å². The molecule has 76 valence electrons. The van der Waals surface area contributed by atoms with E-state index < -0.39 is 0 Å². The van der Waals surface area contributed by atoms with E-state index in [2.05, 4.69) is 14.8 Å². The minimum absolute atomic E-state index is 0. The van der Waals surface area contributed by atoms with E-state index >= 15 is 0 Å². The lowest BCUT2D eigenvalue weighted by molar-refractivity contribution is 0.683. The second kappa shape index (κ2) is 5.42. The molecule has 0 bridgehead atoms. The molecule has 2 rings (SSSR count). The van der Waals surface area contributed by atoms with Gasteiger partial charge in [-0.15, -0.1) is 35.0 Å². The van der Waals surface area contributed by atoms with Gasteiger partial charge in [0.25, 0.3) is 0 Å². The minimum Gasteiger partial charge on any atom is -0.330 e. The molecule has 1 aromatic heterocycles. The minimum atomic E-state index is 0. The number of aryl methyl sites for hydroxylation is 1. The number of halogens is 2. The molecule has 4 nitrogen and oxygen atoms in total. The molecule has 0 saturated carbocycles. The number of hydrogen-bond acceptors (Lipinski definition) is 3. The highest BCUT2D eigenvalue weighted by atomic mass is 35.5. The number of hydrogen-bond donors (Lipinski definition) is 1. The molecular weight excluding hydrogens is 211 g/mol. The van der Waals surface area contributed by atoms with E-state index in [-0.39, 0.29) is 24.8 Å². The van der Waals surface area contributed by atoms with Gasteiger partial charge in [-0.25, -0.2) is 0 Å². The first-order chi connectivity index (χ1) is 5.42. The quantitative estimate of drug-likeness (QED) is 0.800. The third-order valence-electron chi connectivity index (χ3n) is 2.05. The topological polar surface area (TPSA) is 56.7 Å². The van der Waals surface area contributed by atoms with Gasteiger partial charge >= 0.3 is 0 Å². The molecule has 2 N–H and O–H groups in total. The molecule has 0 fully saturated rings. The Kier molecular flexibility index (Phi) is 5.29. The molecular formula is C7H14Cl2N4. The summed E-state index contributed by atoms with van der Waals surface area (Å²) >= 11 is 0. The fourth-order valence-electron chi connectivity index (χ4n) is 1.52. The number of rotatable bonds is 2. The summed E-state index contributed by atoms with van der Waals surface area (Å²) in [5, 5.41) is 8.13. The van der Waals surface area contributed by atoms with Gasteiger partial charge in [-0.3, -0.25) is 0 Å². The highest BCUT2D eigenvalue weighted by molar-refractivity contribution is 5.85. The van der Waals surface area contributed by atoms with Gasteiger partial charge in [-0.2, -0.15) is 0 Å². The molecule has 2 heterocycles. The Morgan fingerprint density at radius 2 is 2.08 bits per heavy atom. The summed E-state index contributed by atoms with van der Waals surface area (Å²) < 4.78 is 2.19. The van der Waals surface area contributed by atoms with E-state index in [1.807, 2.05) is 0 Å². The normalized spacial score (nSPS) is 13.0. The van der Waals surface area contributed by atoms with Crippen molar-refractivity contribution in [3.63, 3.8) is 0 Å². The summed E-state index contributed by atoms with van der Waals surface area (Å²) in [5.41, 5.74) is 5.43. The van der Waals surface area contributed by atoms with E-state index in [1.54, 1.807) is 0 Å². The van der Waals surface area contributed by atoms with Crippen LogP contribution >= 0.6 is 24.8 Å². The maximum Gasteiger partial charge on any atom is 0.134 e. The van der Waals surface area contributed by atoms with Crippen LogP contribution in [0.15, 0.2) is 0 Å². The molecule has 1 aromatic rings. The van der Waals surface area contributed by atoms with Crippen LogP contribution in [0.3, 0.4) is 0 Å². The highest BCUT2D eigenvalue weighted by Crippen LogP contribution is 2.13. The lowest BCUT2D eigenvalue weighted by Gasteiger charge is -1.98. The number of nitrogens with zero attached hydrogens (tertiary/aromatic N) is 3. The standard InChI is InChI=1S/C7H12N4.2ClH/c8-4-3-7-10-9-6-2-1-5-11(6)7;;/h1-5,8H2;2*1H. The lowest BCUT2D eigenvalue weighted by Crippen LogP contribution is -2.08. The fourth-order valence-corrected chi connectivity index (χ4v) is 1.52. The Labute approximate surface area is 89.7 Å². The maximum atomic E-state index is 5.43. The predicted molar refractivity (Wildman–Crippen MR) is 55.6 cm³/mol. The first-order valence-corrected chi connectivity index (χ1v) is 4.03. The van der Waals surface area contributed by atoms with Gasteiger partial charge in [0.05, 0.1) is 0 Å². The van der Waals surface area contributed by atoms with Crippen molar-refractivity contribution in [3.8, 4) is 0 Å². The number of nitrogens with two attached hydrogens (primary N) is 1. The second-order valence-corrected chi connectivity index (χ2v) is 2.83. The molecule has 13 heavy (non-hydrogen) atoms. The van der Waals surface area contributed by atoms with Crippen molar-refractivity contribution in [2.45, 2.75) is 25.8 Å². The summed E-state index contributed by atoms with van der Waals surface area (Å²) in [6, 6.07) is 0. The van der Waals surface area contributed by atoms with Crippen LogP contribution < -0.4 is 5.73 Å². The molecule has 6 heteroatoms. The van der Waals surface area contributed by atoms with Crippen LogP contribution in [-0.4, -0.2) is 21.3 Å². The van der Waals surface area contributed by atoms with Crippen LogP contribution in [0.1, 0.15) is 18.1 Å². The van der Waals surface area contributed by atoms with E-state index in [4.69, 9.17) is 5.73 Å². The largest absolute Gasteiger partial charge is 0.330 e. The zero-order valence-electron chi connectivity index (χ0n) is 7.27. The Hall–Kier alpha value is -0.320. The molecule has 0 aliphatic carbocycles. The average molecular weight is 225 g/mol. The van der Waals surface area contributed by atoms with Gasteiger partial charge in [0, 0.05) is 19.4 Å². The van der Waals surface area contributed by atoms with Gasteiger partial charge in [0.2, 0.25) is 0 Å². The molecule has 0 saturated heterocycles. The molecule has 0 radical (unpaired) electrons. The SMILES string of the molecule is Cl.Cl.NCCc1nnc2n1CCC2. The zero-order valence-corrected chi connectivity index (χ0v) is 8.90. The monoisotopic (exact) mass is 224 g/mol. The third-order valence-corrected chi connectivity index (χ3v) is 2.05. The van der Waals surface area contributed by atoms with Gasteiger partial charge < -0.3 is 10.3 Å². The molecule has 0 unspecified atom stereocenters. The number of fused-ring (bicyclic) bond motifs is 1. The predicted octanol–water partition coefficient (Wildman–Crippen LogP) is 0.569. The van der Waals surface area contributed by atoms with Gasteiger partial charge in [0.1, 0.15) is 11.6 Å². The molecule has 0 atom stereocenters. The second-order valence-electron chi connectivity index (χ2n) is 2.83. The van der Waals surface area contributed by atoms with Crippen molar-refractivity contribution in [2.24, 2.45) is 5.73 Å². The molecule has 1 aliphatic rings. The summed E-state index contributed by atoms with van der Waals surface area (Å²) in [7, 11) is 0. The summed E-state index contributed by atoms with van der Waals surface area (Å²) in [4.78, 5) is 0. The fraction of sp³-hybridized carbons (Fsp3) is 0.714. The van der Waals surface area contributed by atoms with E-state index in [1.165, 1.54) is 6.42 Å². The van der Waals surface area contributed by atoms with Crippen molar-refractivity contribution in [2.75, 3.05) is 6.54 Å². The smallest absolute Gasteiger partial charge is 0.134 e. The summed E-state index contributed by atoms with van der Waals surface area (Å²) in [6.45, 7) is 1.75. The van der Waals surface area contributed by atoms with E-state index in [9.17, 15) is 0 Å². The van der Waals surface area contributed by atoms with Gasteiger partial charge in [0.15, 0.2) is 0 Å². The highest BCUT2D eigenvalue weighted by Gasteiger charge is 2.15. The van der Waals surface area contributed by atoms with E-state index in [0.29, 0.717) is 6.54 Å². The Balaban J connectivity index is 0.000000720. The zero-order chi connectivity index (χ0) is 7.68. The van der Waals surface area contributed by atoms with Gasteiger partial charge in [-0.05, 0) is 13.0 Å². The molecule has 0 amide bonds. The first-order valence-electron chi connectivity index (χ1n) is 4.03. The van der Waals surface area contributed by atoms with Crippen molar-refractivity contribution in [1.82, 2.24) is 14.8 Å². The Morgan fingerprint density at radius 1 is 1.31 bits per heavy atom. The van der Waals surface area contributed by atoms with E-state index in [0.717, 1.165) is 31.0 Å². The van der Waals surface area contributed by atoms with Crippen molar-refractivity contribution in [1.29, 1.82) is 0 Å². The number of aromatic nitrogens is 3. The van der Waals surface area contributed by atoms with Crippen LogP contribution in [0.25, 0.3) is 0 Å². The Bertz CT molecular complexity index is 261. The average Bonchev–Trinajstić information content (AvgIpc) is 2.53. The van der Waals surface area contributed by atoms with Crippen LogP contribution in [0, 0.1) is 0 Å².